The number of pyridine rings is 1. The summed E-state index contributed by atoms with van der Waals surface area (Å²) in [6, 6.07) is 11.3. The minimum absolute atomic E-state index is 0.0105. The first-order chi connectivity index (χ1) is 18.0. The molecule has 2 aliphatic rings. The fraction of sp³-hybridized carbons (Fsp3) is 0.346. The van der Waals surface area contributed by atoms with Crippen LogP contribution in [0, 0.1) is 12.8 Å². The highest BCUT2D eigenvalue weighted by molar-refractivity contribution is 7.10. The SMILES string of the molecule is Cc1ccc2[nH]cc(CCNC(=O)c3nnsc3NC(=O)N3C[C@@H]4C[C@@H](C3)c3cccc(=O)n3C4)c2c1. The number of carbonyl (C=O) groups excluding carboxylic acids is 2. The van der Waals surface area contributed by atoms with Crippen LogP contribution in [0.2, 0.25) is 0 Å². The summed E-state index contributed by atoms with van der Waals surface area (Å²) < 4.78 is 5.74. The number of likely N-dealkylation sites (tertiary alicyclic amines) is 1. The Balaban J connectivity index is 1.08. The van der Waals surface area contributed by atoms with E-state index in [1.54, 1.807) is 17.0 Å². The first kappa shape index (κ1) is 23.4. The Morgan fingerprint density at radius 3 is 2.97 bits per heavy atom. The number of aryl methyl sites for hydroxylation is 1. The van der Waals surface area contributed by atoms with Crippen LogP contribution in [-0.4, -0.2) is 55.6 Å². The zero-order valence-corrected chi connectivity index (χ0v) is 21.2. The number of benzene rings is 1. The predicted molar refractivity (Wildman–Crippen MR) is 141 cm³/mol. The fourth-order valence-electron chi connectivity index (χ4n) is 5.55. The summed E-state index contributed by atoms with van der Waals surface area (Å²) in [5, 5.41) is 11.2. The monoisotopic (exact) mass is 517 g/mol. The van der Waals surface area contributed by atoms with E-state index in [0.717, 1.165) is 40.1 Å². The summed E-state index contributed by atoms with van der Waals surface area (Å²) in [6.45, 7) is 4.17. The van der Waals surface area contributed by atoms with Crippen molar-refractivity contribution in [1.82, 2.24) is 29.4 Å². The van der Waals surface area contributed by atoms with Crippen molar-refractivity contribution in [2.75, 3.05) is 25.0 Å². The zero-order chi connectivity index (χ0) is 25.5. The second-order valence-electron chi connectivity index (χ2n) is 9.85. The van der Waals surface area contributed by atoms with Crippen LogP contribution >= 0.6 is 11.5 Å². The molecule has 190 valence electrons. The number of fused-ring (bicyclic) bond motifs is 5. The average molecular weight is 518 g/mol. The summed E-state index contributed by atoms with van der Waals surface area (Å²) in [4.78, 5) is 43.3. The molecule has 3 aromatic heterocycles. The second-order valence-corrected chi connectivity index (χ2v) is 10.6. The number of rotatable bonds is 5. The lowest BCUT2D eigenvalue weighted by Crippen LogP contribution is -2.50. The molecule has 2 bridgehead atoms. The Morgan fingerprint density at radius 2 is 2.08 bits per heavy atom. The summed E-state index contributed by atoms with van der Waals surface area (Å²) in [5.74, 6) is -0.0422. The van der Waals surface area contributed by atoms with Crippen LogP contribution in [-0.2, 0) is 13.0 Å². The highest BCUT2D eigenvalue weighted by atomic mass is 32.1. The summed E-state index contributed by atoms with van der Waals surface area (Å²) in [7, 11) is 0. The maximum atomic E-state index is 13.1. The smallest absolute Gasteiger partial charge is 0.322 e. The number of nitrogens with zero attached hydrogens (tertiary/aromatic N) is 4. The molecule has 1 saturated heterocycles. The van der Waals surface area contributed by atoms with Crippen molar-refractivity contribution < 1.29 is 9.59 Å². The number of aromatic nitrogens is 4. The zero-order valence-electron chi connectivity index (χ0n) is 20.4. The van der Waals surface area contributed by atoms with Gasteiger partial charge in [0.2, 0.25) is 0 Å². The molecule has 2 atom stereocenters. The third-order valence-corrected chi connectivity index (χ3v) is 7.93. The van der Waals surface area contributed by atoms with E-state index in [9.17, 15) is 14.4 Å². The van der Waals surface area contributed by atoms with E-state index in [1.165, 1.54) is 5.56 Å². The lowest BCUT2D eigenvalue weighted by atomic mass is 9.83. The molecule has 37 heavy (non-hydrogen) atoms. The second kappa shape index (κ2) is 9.47. The number of nitrogens with one attached hydrogen (secondary N) is 3. The van der Waals surface area contributed by atoms with Gasteiger partial charge in [-0.2, -0.15) is 0 Å². The van der Waals surface area contributed by atoms with Crippen LogP contribution in [0.4, 0.5) is 9.80 Å². The number of hydrogen-bond donors (Lipinski definition) is 3. The molecule has 0 aliphatic carbocycles. The molecule has 0 radical (unpaired) electrons. The molecule has 3 N–H and O–H groups in total. The van der Waals surface area contributed by atoms with Gasteiger partial charge in [0.1, 0.15) is 0 Å². The van der Waals surface area contributed by atoms with Gasteiger partial charge < -0.3 is 19.8 Å². The van der Waals surface area contributed by atoms with E-state index in [1.807, 2.05) is 16.8 Å². The number of hydrogen-bond acceptors (Lipinski definition) is 6. The molecule has 0 spiro atoms. The Hall–Kier alpha value is -3.99. The van der Waals surface area contributed by atoms with Gasteiger partial charge in [0.25, 0.3) is 11.5 Å². The standard InChI is InChI=1S/C26H27N7O3S/c1-15-5-6-20-19(9-15)17(11-28-20)7-8-27-24(35)23-25(37-31-30-23)29-26(36)32-12-16-10-18(14-32)21-3-2-4-22(34)33(21)13-16/h2-6,9,11,16,18,28H,7-8,10,12-14H2,1H3,(H,27,35)(H,29,36)/t16-,18-/m0/s1. The molecule has 0 unspecified atom stereocenters. The fourth-order valence-corrected chi connectivity index (χ4v) is 6.11. The molecular weight excluding hydrogens is 490 g/mol. The minimum atomic E-state index is -0.371. The Kier molecular flexibility index (Phi) is 5.99. The summed E-state index contributed by atoms with van der Waals surface area (Å²) in [5.41, 5.74) is 4.48. The number of piperidine rings is 1. The first-order valence-corrected chi connectivity index (χ1v) is 13.2. The summed E-state index contributed by atoms with van der Waals surface area (Å²) in [6.07, 6.45) is 3.59. The van der Waals surface area contributed by atoms with Crippen molar-refractivity contribution in [3.63, 3.8) is 0 Å². The molecule has 11 heteroatoms. The Labute approximate surface area is 216 Å². The van der Waals surface area contributed by atoms with Crippen molar-refractivity contribution in [3.8, 4) is 0 Å². The van der Waals surface area contributed by atoms with E-state index in [2.05, 4.69) is 50.3 Å². The van der Waals surface area contributed by atoms with Crippen molar-refractivity contribution >= 4 is 39.4 Å². The number of amides is 3. The predicted octanol–water partition coefficient (Wildman–Crippen LogP) is 3.11. The van der Waals surface area contributed by atoms with Crippen molar-refractivity contribution in [2.24, 2.45) is 5.92 Å². The van der Waals surface area contributed by atoms with Crippen LogP contribution < -0.4 is 16.2 Å². The molecule has 0 saturated carbocycles. The molecule has 1 fully saturated rings. The maximum absolute atomic E-state index is 13.1. The number of urea groups is 1. The minimum Gasteiger partial charge on any atom is -0.361 e. The first-order valence-electron chi connectivity index (χ1n) is 12.4. The molecule has 6 rings (SSSR count). The van der Waals surface area contributed by atoms with Crippen molar-refractivity contribution in [3.05, 3.63) is 75.5 Å². The molecule has 5 heterocycles. The molecule has 3 amide bonds. The van der Waals surface area contributed by atoms with Crippen molar-refractivity contribution in [2.45, 2.75) is 32.2 Å². The van der Waals surface area contributed by atoms with Gasteiger partial charge in [-0.3, -0.25) is 14.9 Å². The summed E-state index contributed by atoms with van der Waals surface area (Å²) >= 11 is 0.986. The lowest BCUT2D eigenvalue weighted by Gasteiger charge is -2.42. The van der Waals surface area contributed by atoms with Gasteiger partial charge in [-0.05, 0) is 49.4 Å². The molecule has 10 nitrogen and oxygen atoms in total. The van der Waals surface area contributed by atoms with E-state index in [0.29, 0.717) is 37.6 Å². The van der Waals surface area contributed by atoms with E-state index in [4.69, 9.17) is 0 Å². The number of carbonyl (C=O) groups is 2. The third-order valence-electron chi connectivity index (χ3n) is 7.29. The van der Waals surface area contributed by atoms with Gasteiger partial charge in [0.15, 0.2) is 10.7 Å². The molecular formula is C26H27N7O3S. The Bertz CT molecular complexity index is 1560. The van der Waals surface area contributed by atoms with Crippen LogP contribution in [0.3, 0.4) is 0 Å². The van der Waals surface area contributed by atoms with E-state index in [-0.39, 0.29) is 35.0 Å². The van der Waals surface area contributed by atoms with Crippen LogP contribution in [0.1, 0.15) is 39.6 Å². The number of aromatic amines is 1. The number of H-pyrrole nitrogens is 1. The quantitative estimate of drug-likeness (QED) is 0.375. The van der Waals surface area contributed by atoms with Crippen LogP contribution in [0.5, 0.6) is 0 Å². The Morgan fingerprint density at radius 1 is 1.19 bits per heavy atom. The number of anilines is 1. The van der Waals surface area contributed by atoms with Gasteiger partial charge in [-0.1, -0.05) is 22.2 Å². The van der Waals surface area contributed by atoms with Gasteiger partial charge >= 0.3 is 6.03 Å². The lowest BCUT2D eigenvalue weighted by molar-refractivity contribution is 0.0950. The highest BCUT2D eigenvalue weighted by Gasteiger charge is 2.36. The normalized spacial score (nSPS) is 18.5. The van der Waals surface area contributed by atoms with Gasteiger partial charge in [0.05, 0.1) is 0 Å². The van der Waals surface area contributed by atoms with Gasteiger partial charge in [0, 0.05) is 72.5 Å². The van der Waals surface area contributed by atoms with Gasteiger partial charge in [-0.25, -0.2) is 4.79 Å². The molecule has 2 aliphatic heterocycles. The average Bonchev–Trinajstić information content (AvgIpc) is 3.51. The largest absolute Gasteiger partial charge is 0.361 e. The highest BCUT2D eigenvalue weighted by Crippen LogP contribution is 2.35. The van der Waals surface area contributed by atoms with Crippen LogP contribution in [0.15, 0.2) is 47.4 Å². The molecule has 4 aromatic rings. The van der Waals surface area contributed by atoms with E-state index >= 15 is 0 Å². The molecule has 1 aromatic carbocycles. The van der Waals surface area contributed by atoms with Gasteiger partial charge in [-0.15, -0.1) is 5.10 Å². The topological polar surface area (TPSA) is 125 Å². The van der Waals surface area contributed by atoms with Crippen LogP contribution in [0.25, 0.3) is 10.9 Å². The van der Waals surface area contributed by atoms with Crippen molar-refractivity contribution in [1.29, 1.82) is 0 Å². The third kappa shape index (κ3) is 4.50. The maximum Gasteiger partial charge on any atom is 0.322 e. The van der Waals surface area contributed by atoms with E-state index < -0.39 is 0 Å².